The molecule has 1 fully saturated rings. The lowest BCUT2D eigenvalue weighted by molar-refractivity contribution is 0.0197. The predicted octanol–water partition coefficient (Wildman–Crippen LogP) is 6.01. The molecule has 39 heavy (non-hydrogen) atoms. The number of rotatable bonds is 5. The quantitative estimate of drug-likeness (QED) is 0.271. The average Bonchev–Trinajstić information content (AvgIpc) is 3.62. The number of thiophene rings is 1. The van der Waals surface area contributed by atoms with Gasteiger partial charge < -0.3 is 15.0 Å². The lowest BCUT2D eigenvalue weighted by Crippen LogP contribution is -2.42. The van der Waals surface area contributed by atoms with E-state index < -0.39 is 5.60 Å². The molecule has 10 nitrogen and oxygen atoms in total. The predicted molar refractivity (Wildman–Crippen MR) is 153 cm³/mol. The van der Waals surface area contributed by atoms with E-state index in [2.05, 4.69) is 25.8 Å². The molecule has 4 aromatic rings. The van der Waals surface area contributed by atoms with Crippen LogP contribution in [0.15, 0.2) is 36.5 Å². The fourth-order valence-corrected chi connectivity index (χ4v) is 6.13. The van der Waals surface area contributed by atoms with Gasteiger partial charge in [0.25, 0.3) is 11.8 Å². The molecule has 0 aliphatic carbocycles. The zero-order valence-electron chi connectivity index (χ0n) is 22.2. The maximum Gasteiger partial charge on any atom is 0.410 e. The molecule has 12 heteroatoms. The highest BCUT2D eigenvalue weighted by atomic mass is 32.1. The molecule has 1 aromatic carbocycles. The first kappa shape index (κ1) is 26.8. The fraction of sp³-hybridized carbons (Fsp3) is 0.370. The number of aryl methyl sites for hydroxylation is 1. The topological polar surface area (TPSA) is 129 Å². The normalized spacial score (nSPS) is 15.8. The van der Waals surface area contributed by atoms with Crippen molar-refractivity contribution in [3.8, 4) is 0 Å². The third-order valence-corrected chi connectivity index (χ3v) is 8.16. The van der Waals surface area contributed by atoms with E-state index in [1.165, 1.54) is 28.9 Å². The van der Waals surface area contributed by atoms with Crippen LogP contribution in [0.3, 0.4) is 0 Å². The summed E-state index contributed by atoms with van der Waals surface area (Å²) in [5, 5.41) is 13.4. The number of piperidine rings is 1. The third kappa shape index (κ3) is 6.28. The number of thiazole rings is 1. The number of amides is 3. The van der Waals surface area contributed by atoms with Crippen LogP contribution in [0.25, 0.3) is 10.2 Å². The molecule has 5 rings (SSSR count). The molecule has 0 bridgehead atoms. The van der Waals surface area contributed by atoms with E-state index in [1.807, 2.05) is 45.9 Å². The Bertz CT molecular complexity index is 1530. The van der Waals surface area contributed by atoms with Crippen LogP contribution in [0.2, 0.25) is 0 Å². The Hall–Kier alpha value is -3.77. The number of nitrogens with one attached hydrogen (secondary N) is 3. The van der Waals surface area contributed by atoms with Crippen molar-refractivity contribution >= 4 is 61.6 Å². The number of benzene rings is 1. The zero-order chi connectivity index (χ0) is 27.7. The second-order valence-corrected chi connectivity index (χ2v) is 12.8. The smallest absolute Gasteiger partial charge is 0.410 e. The Kier molecular flexibility index (Phi) is 7.41. The van der Waals surface area contributed by atoms with Gasteiger partial charge in [0.15, 0.2) is 5.13 Å². The maximum absolute atomic E-state index is 13.2. The molecule has 4 heterocycles. The third-order valence-electron chi connectivity index (χ3n) is 6.23. The molecule has 1 aliphatic rings. The van der Waals surface area contributed by atoms with E-state index in [9.17, 15) is 14.4 Å². The fourth-order valence-electron chi connectivity index (χ4n) is 4.46. The van der Waals surface area contributed by atoms with Crippen LogP contribution in [-0.2, 0) is 4.74 Å². The number of aromatic amines is 1. The molecule has 0 saturated carbocycles. The number of carbonyl (C=O) groups excluding carboxylic acids is 3. The molecule has 3 aromatic heterocycles. The van der Waals surface area contributed by atoms with Crippen molar-refractivity contribution < 1.29 is 19.1 Å². The number of aromatic nitrogens is 3. The SMILES string of the molecule is Cc1ccc(C(=O)Nc2nc3ccc(NC(=O)c4cn[nH]c4C4CCCN(C(=O)OC(C)(C)C)C4)cc3s2)s1. The summed E-state index contributed by atoms with van der Waals surface area (Å²) in [6.45, 7) is 8.55. The van der Waals surface area contributed by atoms with Crippen molar-refractivity contribution in [2.45, 2.75) is 52.1 Å². The Morgan fingerprint density at radius 3 is 2.67 bits per heavy atom. The van der Waals surface area contributed by atoms with Crippen LogP contribution in [-0.4, -0.2) is 56.7 Å². The summed E-state index contributed by atoms with van der Waals surface area (Å²) >= 11 is 2.77. The summed E-state index contributed by atoms with van der Waals surface area (Å²) in [5.41, 5.74) is 1.90. The first-order chi connectivity index (χ1) is 18.6. The molecule has 3 N–H and O–H groups in total. The van der Waals surface area contributed by atoms with E-state index in [0.717, 1.165) is 27.9 Å². The van der Waals surface area contributed by atoms with Gasteiger partial charge in [-0.3, -0.25) is 20.0 Å². The van der Waals surface area contributed by atoms with Gasteiger partial charge in [-0.25, -0.2) is 9.78 Å². The highest BCUT2D eigenvalue weighted by Gasteiger charge is 2.31. The largest absolute Gasteiger partial charge is 0.444 e. The van der Waals surface area contributed by atoms with Crippen LogP contribution in [0.5, 0.6) is 0 Å². The van der Waals surface area contributed by atoms with Gasteiger partial charge in [-0.05, 0) is 70.9 Å². The van der Waals surface area contributed by atoms with Crippen LogP contribution in [0.1, 0.15) is 70.1 Å². The number of likely N-dealkylation sites (tertiary alicyclic amines) is 1. The second kappa shape index (κ2) is 10.8. The van der Waals surface area contributed by atoms with E-state index in [-0.39, 0.29) is 23.8 Å². The lowest BCUT2D eigenvalue weighted by Gasteiger charge is -2.34. The van der Waals surface area contributed by atoms with Gasteiger partial charge in [-0.1, -0.05) is 11.3 Å². The number of carbonyl (C=O) groups is 3. The minimum Gasteiger partial charge on any atom is -0.444 e. The van der Waals surface area contributed by atoms with E-state index in [0.29, 0.717) is 40.0 Å². The maximum atomic E-state index is 13.2. The summed E-state index contributed by atoms with van der Waals surface area (Å²) < 4.78 is 6.37. The number of nitrogens with zero attached hydrogens (tertiary/aromatic N) is 3. The first-order valence-corrected chi connectivity index (χ1v) is 14.3. The van der Waals surface area contributed by atoms with Crippen molar-refractivity contribution in [1.82, 2.24) is 20.1 Å². The molecule has 0 radical (unpaired) electrons. The summed E-state index contributed by atoms with van der Waals surface area (Å²) in [6.07, 6.45) is 2.80. The molecular weight excluding hydrogens is 536 g/mol. The zero-order valence-corrected chi connectivity index (χ0v) is 23.8. The van der Waals surface area contributed by atoms with Gasteiger partial charge >= 0.3 is 6.09 Å². The van der Waals surface area contributed by atoms with E-state index in [4.69, 9.17) is 4.74 Å². The number of H-pyrrole nitrogens is 1. The van der Waals surface area contributed by atoms with Crippen molar-refractivity contribution in [2.24, 2.45) is 0 Å². The van der Waals surface area contributed by atoms with Gasteiger partial charge in [-0.15, -0.1) is 11.3 Å². The van der Waals surface area contributed by atoms with E-state index >= 15 is 0 Å². The monoisotopic (exact) mass is 566 g/mol. The number of anilines is 2. The Labute approximate surface area is 233 Å². The number of ether oxygens (including phenoxy) is 1. The molecule has 0 spiro atoms. The van der Waals surface area contributed by atoms with E-state index in [1.54, 1.807) is 17.0 Å². The minimum atomic E-state index is -0.572. The summed E-state index contributed by atoms with van der Waals surface area (Å²) in [4.78, 5) is 46.2. The highest BCUT2D eigenvalue weighted by molar-refractivity contribution is 7.22. The average molecular weight is 567 g/mol. The molecule has 1 aliphatic heterocycles. The lowest BCUT2D eigenvalue weighted by atomic mass is 9.92. The molecule has 1 saturated heterocycles. The molecule has 1 unspecified atom stereocenters. The Morgan fingerprint density at radius 1 is 1.10 bits per heavy atom. The van der Waals surface area contributed by atoms with Crippen LogP contribution in [0.4, 0.5) is 15.6 Å². The second-order valence-electron chi connectivity index (χ2n) is 10.5. The van der Waals surface area contributed by atoms with Crippen LogP contribution < -0.4 is 10.6 Å². The Morgan fingerprint density at radius 2 is 1.92 bits per heavy atom. The number of fused-ring (bicyclic) bond motifs is 1. The Balaban J connectivity index is 1.26. The van der Waals surface area contributed by atoms with Gasteiger partial charge in [0.1, 0.15) is 5.60 Å². The van der Waals surface area contributed by atoms with Crippen molar-refractivity contribution in [3.05, 3.63) is 57.5 Å². The van der Waals surface area contributed by atoms with Crippen LogP contribution in [0, 0.1) is 6.92 Å². The number of hydrogen-bond acceptors (Lipinski definition) is 8. The molecular formula is C27H30N6O4S2. The van der Waals surface area contributed by atoms with Crippen LogP contribution >= 0.6 is 22.7 Å². The molecule has 204 valence electrons. The van der Waals surface area contributed by atoms with Crippen molar-refractivity contribution in [2.75, 3.05) is 23.7 Å². The number of hydrogen-bond donors (Lipinski definition) is 3. The summed E-state index contributed by atoms with van der Waals surface area (Å²) in [6, 6.07) is 9.12. The summed E-state index contributed by atoms with van der Waals surface area (Å²) in [5.74, 6) is -0.545. The van der Waals surface area contributed by atoms with Gasteiger partial charge in [0, 0.05) is 29.6 Å². The van der Waals surface area contributed by atoms with Crippen molar-refractivity contribution in [3.63, 3.8) is 0 Å². The highest BCUT2D eigenvalue weighted by Crippen LogP contribution is 2.31. The molecule has 3 amide bonds. The van der Waals surface area contributed by atoms with Crippen molar-refractivity contribution in [1.29, 1.82) is 0 Å². The minimum absolute atomic E-state index is 0.0585. The van der Waals surface area contributed by atoms with Gasteiger partial charge in [-0.2, -0.15) is 5.10 Å². The van der Waals surface area contributed by atoms with Gasteiger partial charge in [0.2, 0.25) is 0 Å². The first-order valence-electron chi connectivity index (χ1n) is 12.7. The summed E-state index contributed by atoms with van der Waals surface area (Å²) in [7, 11) is 0. The van der Waals surface area contributed by atoms with Gasteiger partial charge in [0.05, 0.1) is 32.5 Å². The molecule has 1 atom stereocenters. The standard InChI is InChI=1S/C27H30N6O4S2/c1-15-7-10-20(38-15)24(35)31-25-30-19-9-8-17(12-21(19)39-25)29-23(34)18-13-28-32-22(18)16-6-5-11-33(14-16)26(36)37-27(2,3)4/h7-10,12-13,16H,5-6,11,14H2,1-4H3,(H,28,32)(H,29,34)(H,30,31,35).